The lowest BCUT2D eigenvalue weighted by Crippen LogP contribution is -2.29. The van der Waals surface area contributed by atoms with Crippen LogP contribution in [0, 0.1) is 0 Å². The monoisotopic (exact) mass is 361 g/mol. The van der Waals surface area contributed by atoms with E-state index >= 15 is 0 Å². The van der Waals surface area contributed by atoms with Gasteiger partial charge in [-0.2, -0.15) is 0 Å². The Morgan fingerprint density at radius 3 is 2.86 bits per heavy atom. The summed E-state index contributed by atoms with van der Waals surface area (Å²) < 4.78 is 0.996. The Balaban J connectivity index is 1.87. The van der Waals surface area contributed by atoms with Gasteiger partial charge in [-0.15, -0.1) is 11.3 Å². The van der Waals surface area contributed by atoms with Crippen molar-refractivity contribution in [3.05, 3.63) is 62.9 Å². The van der Waals surface area contributed by atoms with Crippen LogP contribution in [0.3, 0.4) is 0 Å². The number of hydrogen-bond donors (Lipinski definition) is 2. The van der Waals surface area contributed by atoms with Gasteiger partial charge in [0.1, 0.15) is 0 Å². The van der Waals surface area contributed by atoms with Crippen molar-refractivity contribution < 1.29 is 0 Å². The van der Waals surface area contributed by atoms with E-state index < -0.39 is 0 Å². The molecule has 5 heteroatoms. The molecule has 0 amide bonds. The van der Waals surface area contributed by atoms with Crippen molar-refractivity contribution in [2.75, 3.05) is 0 Å². The maximum Gasteiger partial charge on any atom is 0.0736 e. The first-order valence-corrected chi connectivity index (χ1v) is 8.49. The van der Waals surface area contributed by atoms with E-state index in [-0.39, 0.29) is 6.04 Å². The van der Waals surface area contributed by atoms with Crippen LogP contribution in [-0.2, 0) is 6.42 Å². The Morgan fingerprint density at radius 2 is 2.10 bits per heavy atom. The molecule has 1 atom stereocenters. The van der Waals surface area contributed by atoms with E-state index in [9.17, 15) is 0 Å². The van der Waals surface area contributed by atoms with Crippen molar-refractivity contribution in [1.82, 2.24) is 10.4 Å². The Hall–Kier alpha value is -1.27. The number of pyridine rings is 1. The SMILES string of the molecule is NNC(CCc1cccs1)c1nc2ccccc2cc1Br. The smallest absolute Gasteiger partial charge is 0.0736 e. The topological polar surface area (TPSA) is 50.9 Å². The maximum atomic E-state index is 5.75. The first kappa shape index (κ1) is 14.7. The summed E-state index contributed by atoms with van der Waals surface area (Å²) in [7, 11) is 0. The molecule has 0 aliphatic rings. The highest BCUT2D eigenvalue weighted by atomic mass is 79.9. The number of nitrogens with two attached hydrogens (primary N) is 1. The van der Waals surface area contributed by atoms with Crippen molar-refractivity contribution in [3.63, 3.8) is 0 Å². The van der Waals surface area contributed by atoms with E-state index in [0.717, 1.165) is 33.9 Å². The largest absolute Gasteiger partial charge is 0.271 e. The van der Waals surface area contributed by atoms with Crippen molar-refractivity contribution in [3.8, 4) is 0 Å². The number of halogens is 1. The van der Waals surface area contributed by atoms with Crippen LogP contribution in [0.4, 0.5) is 0 Å². The molecule has 0 spiro atoms. The minimum absolute atomic E-state index is 0.0334. The maximum absolute atomic E-state index is 5.75. The van der Waals surface area contributed by atoms with Gasteiger partial charge in [0, 0.05) is 14.7 Å². The summed E-state index contributed by atoms with van der Waals surface area (Å²) in [6, 6.07) is 14.5. The highest BCUT2D eigenvalue weighted by molar-refractivity contribution is 9.10. The van der Waals surface area contributed by atoms with Gasteiger partial charge in [-0.25, -0.2) is 4.98 Å². The van der Waals surface area contributed by atoms with Crippen LogP contribution in [0.25, 0.3) is 10.9 Å². The molecule has 0 aliphatic carbocycles. The molecule has 0 bridgehead atoms. The predicted octanol–water partition coefficient (Wildman–Crippen LogP) is 4.20. The third kappa shape index (κ3) is 3.32. The summed E-state index contributed by atoms with van der Waals surface area (Å²) >= 11 is 5.40. The van der Waals surface area contributed by atoms with E-state index in [1.165, 1.54) is 4.88 Å². The second kappa shape index (κ2) is 6.66. The number of benzene rings is 1. The molecule has 0 aliphatic heterocycles. The van der Waals surface area contributed by atoms with Crippen molar-refractivity contribution in [2.45, 2.75) is 18.9 Å². The molecule has 21 heavy (non-hydrogen) atoms. The van der Waals surface area contributed by atoms with Crippen LogP contribution in [0.2, 0.25) is 0 Å². The number of para-hydroxylation sites is 1. The van der Waals surface area contributed by atoms with E-state index in [4.69, 9.17) is 10.8 Å². The molecule has 3 nitrogen and oxygen atoms in total. The van der Waals surface area contributed by atoms with Gasteiger partial charge in [-0.1, -0.05) is 24.3 Å². The molecule has 0 saturated heterocycles. The molecule has 2 aromatic heterocycles. The molecule has 1 unspecified atom stereocenters. The van der Waals surface area contributed by atoms with Crippen molar-refractivity contribution in [2.24, 2.45) is 5.84 Å². The number of aromatic nitrogens is 1. The van der Waals surface area contributed by atoms with Gasteiger partial charge in [0.15, 0.2) is 0 Å². The number of nitrogens with one attached hydrogen (secondary N) is 1. The lowest BCUT2D eigenvalue weighted by Gasteiger charge is -2.17. The van der Waals surface area contributed by atoms with Crippen LogP contribution in [0.5, 0.6) is 0 Å². The predicted molar refractivity (Wildman–Crippen MR) is 92.1 cm³/mol. The van der Waals surface area contributed by atoms with Crippen LogP contribution in [0.15, 0.2) is 52.3 Å². The number of hydrogen-bond acceptors (Lipinski definition) is 4. The van der Waals surface area contributed by atoms with Gasteiger partial charge in [0.2, 0.25) is 0 Å². The van der Waals surface area contributed by atoms with E-state index in [1.54, 1.807) is 11.3 Å². The van der Waals surface area contributed by atoms with E-state index in [1.807, 2.05) is 18.2 Å². The minimum atomic E-state index is 0.0334. The fraction of sp³-hybridized carbons (Fsp3) is 0.188. The fourth-order valence-electron chi connectivity index (χ4n) is 2.39. The molecule has 3 N–H and O–H groups in total. The molecule has 3 aromatic rings. The summed E-state index contributed by atoms with van der Waals surface area (Å²) in [6.07, 6.45) is 1.91. The van der Waals surface area contributed by atoms with E-state index in [2.05, 4.69) is 51.0 Å². The summed E-state index contributed by atoms with van der Waals surface area (Å²) in [5, 5.41) is 3.23. The first-order chi connectivity index (χ1) is 10.3. The molecule has 108 valence electrons. The highest BCUT2D eigenvalue weighted by Gasteiger charge is 2.16. The zero-order chi connectivity index (χ0) is 14.7. The van der Waals surface area contributed by atoms with Gasteiger partial charge in [0.05, 0.1) is 17.3 Å². The Morgan fingerprint density at radius 1 is 1.24 bits per heavy atom. The molecule has 0 saturated carbocycles. The van der Waals surface area contributed by atoms with Gasteiger partial charge < -0.3 is 0 Å². The van der Waals surface area contributed by atoms with Crippen LogP contribution >= 0.6 is 27.3 Å². The van der Waals surface area contributed by atoms with Crippen LogP contribution < -0.4 is 11.3 Å². The fourth-order valence-corrected chi connectivity index (χ4v) is 3.73. The van der Waals surface area contributed by atoms with Gasteiger partial charge in [-0.3, -0.25) is 11.3 Å². The van der Waals surface area contributed by atoms with Crippen molar-refractivity contribution in [1.29, 1.82) is 0 Å². The molecule has 0 radical (unpaired) electrons. The lowest BCUT2D eigenvalue weighted by atomic mass is 10.1. The zero-order valence-corrected chi connectivity index (χ0v) is 13.8. The molecule has 3 rings (SSSR count). The molecular weight excluding hydrogens is 346 g/mol. The number of nitrogens with zero attached hydrogens (tertiary/aromatic N) is 1. The van der Waals surface area contributed by atoms with Gasteiger partial charge >= 0.3 is 0 Å². The third-order valence-corrected chi connectivity index (χ3v) is 5.07. The lowest BCUT2D eigenvalue weighted by molar-refractivity contribution is 0.505. The molecule has 1 aromatic carbocycles. The average molecular weight is 362 g/mol. The molecule has 2 heterocycles. The Kier molecular flexibility index (Phi) is 4.65. The number of rotatable bonds is 5. The average Bonchev–Trinajstić information content (AvgIpc) is 3.01. The van der Waals surface area contributed by atoms with Gasteiger partial charge in [-0.05, 0) is 52.4 Å². The second-order valence-corrected chi connectivity index (χ2v) is 6.77. The first-order valence-electron chi connectivity index (χ1n) is 6.81. The number of aryl methyl sites for hydroxylation is 1. The molecular formula is C16H16BrN3S. The second-order valence-electron chi connectivity index (χ2n) is 4.89. The highest BCUT2D eigenvalue weighted by Crippen LogP contribution is 2.28. The zero-order valence-electron chi connectivity index (χ0n) is 11.4. The van der Waals surface area contributed by atoms with Gasteiger partial charge in [0.25, 0.3) is 0 Å². The number of thiophene rings is 1. The summed E-state index contributed by atoms with van der Waals surface area (Å²) in [6.45, 7) is 0. The number of fused-ring (bicyclic) bond motifs is 1. The van der Waals surface area contributed by atoms with Crippen LogP contribution in [-0.4, -0.2) is 4.98 Å². The van der Waals surface area contributed by atoms with Crippen molar-refractivity contribution >= 4 is 38.2 Å². The summed E-state index contributed by atoms with van der Waals surface area (Å²) in [5.74, 6) is 5.75. The normalized spacial score (nSPS) is 12.7. The Bertz CT molecular complexity index is 727. The molecule has 0 fully saturated rings. The summed E-state index contributed by atoms with van der Waals surface area (Å²) in [5.41, 5.74) is 4.86. The Labute approximate surface area is 136 Å². The quantitative estimate of drug-likeness (QED) is 0.528. The summed E-state index contributed by atoms with van der Waals surface area (Å²) in [4.78, 5) is 6.13. The standard InChI is InChI=1S/C16H16BrN3S/c17-13-10-11-4-1-2-6-14(11)19-16(13)15(20-18)8-7-12-5-3-9-21-12/h1-6,9-10,15,20H,7-8,18H2. The van der Waals surface area contributed by atoms with E-state index in [0.29, 0.717) is 0 Å². The third-order valence-electron chi connectivity index (χ3n) is 3.50. The number of hydrazine groups is 1. The van der Waals surface area contributed by atoms with Crippen LogP contribution in [0.1, 0.15) is 23.0 Å². The minimum Gasteiger partial charge on any atom is -0.271 e.